The minimum absolute atomic E-state index is 0.560. The van der Waals surface area contributed by atoms with E-state index in [2.05, 4.69) is 41.8 Å². The molecule has 0 aliphatic heterocycles. The normalized spacial score (nSPS) is 10.5. The van der Waals surface area contributed by atoms with Gasteiger partial charge in [-0.05, 0) is 44.0 Å². The van der Waals surface area contributed by atoms with Crippen LogP contribution in [0.1, 0.15) is 0 Å². The standard InChI is InChI=1S/C9H6Br2N2O/c1-14-6-4-2-3-5-7(6)8(10)13-9(11)12-5/h2-4H,1H3. The zero-order chi connectivity index (χ0) is 10.1. The van der Waals surface area contributed by atoms with Gasteiger partial charge in [0.05, 0.1) is 18.0 Å². The summed E-state index contributed by atoms with van der Waals surface area (Å²) in [6.45, 7) is 0. The number of rotatable bonds is 1. The van der Waals surface area contributed by atoms with E-state index in [1.54, 1.807) is 7.11 Å². The van der Waals surface area contributed by atoms with Crippen molar-refractivity contribution in [2.24, 2.45) is 0 Å². The third-order valence-corrected chi connectivity index (χ3v) is 2.76. The monoisotopic (exact) mass is 316 g/mol. The highest BCUT2D eigenvalue weighted by molar-refractivity contribution is 9.11. The lowest BCUT2D eigenvalue weighted by Gasteiger charge is -2.05. The molecule has 0 spiro atoms. The van der Waals surface area contributed by atoms with Crippen molar-refractivity contribution in [3.8, 4) is 5.75 Å². The van der Waals surface area contributed by atoms with E-state index in [0.29, 0.717) is 4.73 Å². The number of aromatic nitrogens is 2. The lowest BCUT2D eigenvalue weighted by molar-refractivity contribution is 0.419. The molecule has 0 aliphatic carbocycles. The van der Waals surface area contributed by atoms with Gasteiger partial charge >= 0.3 is 0 Å². The van der Waals surface area contributed by atoms with E-state index in [9.17, 15) is 0 Å². The number of hydrogen-bond acceptors (Lipinski definition) is 3. The molecule has 72 valence electrons. The number of nitrogens with zero attached hydrogens (tertiary/aromatic N) is 2. The number of benzene rings is 1. The molecule has 0 saturated heterocycles. The largest absolute Gasteiger partial charge is 0.496 e. The molecule has 0 amide bonds. The highest BCUT2D eigenvalue weighted by atomic mass is 79.9. The van der Waals surface area contributed by atoms with Gasteiger partial charge in [-0.3, -0.25) is 0 Å². The van der Waals surface area contributed by atoms with Crippen LogP contribution in [0.3, 0.4) is 0 Å². The van der Waals surface area contributed by atoms with Gasteiger partial charge in [0, 0.05) is 0 Å². The van der Waals surface area contributed by atoms with Gasteiger partial charge in [0.1, 0.15) is 10.4 Å². The fourth-order valence-corrected chi connectivity index (χ4v) is 2.42. The maximum atomic E-state index is 5.22. The van der Waals surface area contributed by atoms with Crippen LogP contribution in [-0.4, -0.2) is 17.1 Å². The second-order valence-corrected chi connectivity index (χ2v) is 4.10. The SMILES string of the molecule is COc1cccc2nc(Br)nc(Br)c12. The Morgan fingerprint density at radius 3 is 2.71 bits per heavy atom. The average molecular weight is 318 g/mol. The van der Waals surface area contributed by atoms with Gasteiger partial charge in [-0.2, -0.15) is 0 Å². The molecule has 14 heavy (non-hydrogen) atoms. The van der Waals surface area contributed by atoms with Crippen LogP contribution in [0, 0.1) is 0 Å². The van der Waals surface area contributed by atoms with E-state index in [-0.39, 0.29) is 0 Å². The highest BCUT2D eigenvalue weighted by Gasteiger charge is 2.08. The van der Waals surface area contributed by atoms with Crippen molar-refractivity contribution >= 4 is 42.8 Å². The molecular formula is C9H6Br2N2O. The molecule has 5 heteroatoms. The molecule has 0 atom stereocenters. The fraction of sp³-hybridized carbons (Fsp3) is 0.111. The van der Waals surface area contributed by atoms with Gasteiger partial charge in [-0.15, -0.1) is 0 Å². The first-order chi connectivity index (χ1) is 6.72. The zero-order valence-corrected chi connectivity index (χ0v) is 10.5. The van der Waals surface area contributed by atoms with E-state index in [4.69, 9.17) is 4.74 Å². The number of halogens is 2. The molecule has 0 bridgehead atoms. The lowest BCUT2D eigenvalue weighted by Crippen LogP contribution is -1.91. The Balaban J connectivity index is 2.87. The van der Waals surface area contributed by atoms with Crippen molar-refractivity contribution in [2.75, 3.05) is 7.11 Å². The molecule has 0 aliphatic rings. The van der Waals surface area contributed by atoms with Gasteiger partial charge in [0.2, 0.25) is 0 Å². The number of methoxy groups -OCH3 is 1. The predicted molar refractivity (Wildman–Crippen MR) is 61.5 cm³/mol. The molecule has 2 aromatic rings. The molecule has 0 saturated carbocycles. The number of ether oxygens (including phenoxy) is 1. The van der Waals surface area contributed by atoms with Crippen molar-refractivity contribution in [1.29, 1.82) is 0 Å². The van der Waals surface area contributed by atoms with Gasteiger partial charge < -0.3 is 4.74 Å². The van der Waals surface area contributed by atoms with Crippen LogP contribution in [-0.2, 0) is 0 Å². The van der Waals surface area contributed by atoms with Crippen LogP contribution in [0.2, 0.25) is 0 Å². The van der Waals surface area contributed by atoms with Crippen molar-refractivity contribution in [2.45, 2.75) is 0 Å². The molecule has 3 nitrogen and oxygen atoms in total. The Kier molecular flexibility index (Phi) is 2.69. The van der Waals surface area contributed by atoms with Crippen molar-refractivity contribution < 1.29 is 4.74 Å². The molecule has 0 radical (unpaired) electrons. The third-order valence-electron chi connectivity index (χ3n) is 1.83. The zero-order valence-electron chi connectivity index (χ0n) is 7.29. The summed E-state index contributed by atoms with van der Waals surface area (Å²) in [5.74, 6) is 0.766. The summed E-state index contributed by atoms with van der Waals surface area (Å²) in [7, 11) is 1.63. The van der Waals surface area contributed by atoms with E-state index in [1.807, 2.05) is 18.2 Å². The summed E-state index contributed by atoms with van der Waals surface area (Å²) in [6.07, 6.45) is 0. The topological polar surface area (TPSA) is 35.0 Å². The molecule has 2 rings (SSSR count). The van der Waals surface area contributed by atoms with Crippen LogP contribution < -0.4 is 4.74 Å². The Labute approximate surface area is 97.8 Å². The molecular weight excluding hydrogens is 312 g/mol. The number of hydrogen-bond donors (Lipinski definition) is 0. The second kappa shape index (κ2) is 3.82. The molecule has 1 heterocycles. The summed E-state index contributed by atoms with van der Waals surface area (Å²) in [6, 6.07) is 5.69. The molecule has 0 fully saturated rings. The first-order valence-corrected chi connectivity index (χ1v) is 5.46. The van der Waals surface area contributed by atoms with Crippen LogP contribution in [0.15, 0.2) is 27.5 Å². The van der Waals surface area contributed by atoms with E-state index >= 15 is 0 Å². The molecule has 0 unspecified atom stereocenters. The van der Waals surface area contributed by atoms with E-state index in [0.717, 1.165) is 21.3 Å². The van der Waals surface area contributed by atoms with Crippen molar-refractivity contribution in [3.05, 3.63) is 27.5 Å². The predicted octanol–water partition coefficient (Wildman–Crippen LogP) is 3.16. The summed E-state index contributed by atoms with van der Waals surface area (Å²) >= 11 is 6.61. The minimum Gasteiger partial charge on any atom is -0.496 e. The van der Waals surface area contributed by atoms with Crippen LogP contribution in [0.25, 0.3) is 10.9 Å². The second-order valence-electron chi connectivity index (χ2n) is 2.64. The molecule has 1 aromatic carbocycles. The highest BCUT2D eigenvalue weighted by Crippen LogP contribution is 2.30. The quantitative estimate of drug-likeness (QED) is 0.598. The molecule has 0 N–H and O–H groups in total. The van der Waals surface area contributed by atoms with Gasteiger partial charge in [-0.1, -0.05) is 6.07 Å². The maximum Gasteiger partial charge on any atom is 0.198 e. The van der Waals surface area contributed by atoms with E-state index in [1.165, 1.54) is 0 Å². The van der Waals surface area contributed by atoms with Crippen molar-refractivity contribution in [1.82, 2.24) is 9.97 Å². The Bertz CT molecular complexity index is 487. The van der Waals surface area contributed by atoms with E-state index < -0.39 is 0 Å². The smallest absolute Gasteiger partial charge is 0.198 e. The van der Waals surface area contributed by atoms with Crippen LogP contribution in [0.4, 0.5) is 0 Å². The van der Waals surface area contributed by atoms with Gasteiger partial charge in [-0.25, -0.2) is 9.97 Å². The fourth-order valence-electron chi connectivity index (χ4n) is 1.25. The van der Waals surface area contributed by atoms with Crippen LogP contribution >= 0.6 is 31.9 Å². The number of fused-ring (bicyclic) bond motifs is 1. The van der Waals surface area contributed by atoms with Crippen molar-refractivity contribution in [3.63, 3.8) is 0 Å². The lowest BCUT2D eigenvalue weighted by atomic mass is 10.2. The molecule has 1 aromatic heterocycles. The maximum absolute atomic E-state index is 5.22. The Morgan fingerprint density at radius 1 is 1.21 bits per heavy atom. The summed E-state index contributed by atoms with van der Waals surface area (Å²) in [4.78, 5) is 8.39. The third kappa shape index (κ3) is 1.62. The summed E-state index contributed by atoms with van der Waals surface area (Å²) in [5.41, 5.74) is 0.845. The summed E-state index contributed by atoms with van der Waals surface area (Å²) < 4.78 is 6.51. The average Bonchev–Trinajstić information content (AvgIpc) is 2.16. The minimum atomic E-state index is 0.560. The van der Waals surface area contributed by atoms with Crippen LogP contribution in [0.5, 0.6) is 5.75 Å². The summed E-state index contributed by atoms with van der Waals surface area (Å²) in [5, 5.41) is 0.887. The first kappa shape index (κ1) is 9.86. The Hall–Kier alpha value is -0.680. The Morgan fingerprint density at radius 2 is 2.00 bits per heavy atom. The first-order valence-electron chi connectivity index (χ1n) is 3.88. The van der Waals surface area contributed by atoms with Gasteiger partial charge in [0.25, 0.3) is 0 Å². The van der Waals surface area contributed by atoms with Gasteiger partial charge in [0.15, 0.2) is 4.73 Å².